The summed E-state index contributed by atoms with van der Waals surface area (Å²) < 4.78 is 5.62. The molecular formula is C13H22N4O2. The van der Waals surface area contributed by atoms with Crippen LogP contribution in [0, 0.1) is 0 Å². The highest BCUT2D eigenvalue weighted by molar-refractivity contribution is 5.90. The van der Waals surface area contributed by atoms with Gasteiger partial charge in [0.05, 0.1) is 12.2 Å². The van der Waals surface area contributed by atoms with E-state index in [1.54, 1.807) is 4.90 Å². The molecule has 0 aliphatic carbocycles. The Kier molecular flexibility index (Phi) is 3.62. The number of nitrogens with zero attached hydrogens (tertiary/aromatic N) is 3. The van der Waals surface area contributed by atoms with E-state index >= 15 is 0 Å². The van der Waals surface area contributed by atoms with E-state index in [1.165, 1.54) is 0 Å². The van der Waals surface area contributed by atoms with Gasteiger partial charge in [-0.25, -0.2) is 4.98 Å². The molecule has 1 fully saturated rings. The monoisotopic (exact) mass is 266 g/mol. The maximum atomic E-state index is 12.4. The normalized spacial score (nSPS) is 24.6. The zero-order valence-corrected chi connectivity index (χ0v) is 12.2. The lowest BCUT2D eigenvalue weighted by atomic mass is 9.96. The van der Waals surface area contributed by atoms with Gasteiger partial charge in [0.25, 0.3) is 5.91 Å². The molecule has 0 aromatic carbocycles. The first-order chi connectivity index (χ1) is 8.77. The summed E-state index contributed by atoms with van der Waals surface area (Å²) >= 11 is 0. The summed E-state index contributed by atoms with van der Waals surface area (Å²) in [6, 6.07) is 0. The lowest BCUT2D eigenvalue weighted by Crippen LogP contribution is -2.48. The topological polar surface area (TPSA) is 71.1 Å². The molecule has 0 bridgehead atoms. The Morgan fingerprint density at radius 2 is 1.89 bits per heavy atom. The molecule has 0 radical (unpaired) electrons. The van der Waals surface area contributed by atoms with Crippen molar-refractivity contribution in [1.82, 2.24) is 20.1 Å². The Hall–Kier alpha value is -1.43. The fourth-order valence-electron chi connectivity index (χ4n) is 2.18. The largest absolute Gasteiger partial charge is 0.372 e. The van der Waals surface area contributed by atoms with Gasteiger partial charge in [-0.2, -0.15) is 0 Å². The van der Waals surface area contributed by atoms with Crippen LogP contribution in [0.2, 0.25) is 0 Å². The molecule has 2 atom stereocenters. The molecule has 2 rings (SSSR count). The fraction of sp³-hybridized carbons (Fsp3) is 0.769. The van der Waals surface area contributed by atoms with Crippen LogP contribution in [0.15, 0.2) is 0 Å². The number of amides is 1. The molecule has 6 heteroatoms. The van der Waals surface area contributed by atoms with Crippen molar-refractivity contribution in [3.05, 3.63) is 11.6 Å². The zero-order chi connectivity index (χ0) is 14.2. The number of aromatic amines is 1. The van der Waals surface area contributed by atoms with E-state index in [1.807, 2.05) is 34.6 Å². The maximum Gasteiger partial charge on any atom is 0.293 e. The Morgan fingerprint density at radius 3 is 2.37 bits per heavy atom. The SMILES string of the molecule is C[C@@H]1CN(C(=O)c2n[nH]c(C(C)(C)C)n2)C[C@H](C)O1. The minimum atomic E-state index is -0.142. The van der Waals surface area contributed by atoms with Crippen molar-refractivity contribution in [2.45, 2.75) is 52.2 Å². The minimum Gasteiger partial charge on any atom is -0.372 e. The van der Waals surface area contributed by atoms with Gasteiger partial charge >= 0.3 is 0 Å². The number of rotatable bonds is 1. The third-order valence-electron chi connectivity index (χ3n) is 3.09. The summed E-state index contributed by atoms with van der Waals surface area (Å²) in [5.41, 5.74) is -0.142. The second kappa shape index (κ2) is 4.92. The van der Waals surface area contributed by atoms with E-state index in [2.05, 4.69) is 15.2 Å². The van der Waals surface area contributed by atoms with Crippen LogP contribution < -0.4 is 0 Å². The van der Waals surface area contributed by atoms with Gasteiger partial charge in [-0.3, -0.25) is 9.89 Å². The van der Waals surface area contributed by atoms with Crippen molar-refractivity contribution in [2.75, 3.05) is 13.1 Å². The third kappa shape index (κ3) is 3.12. The molecule has 6 nitrogen and oxygen atoms in total. The van der Waals surface area contributed by atoms with Gasteiger partial charge in [-0.1, -0.05) is 20.8 Å². The number of H-pyrrole nitrogens is 1. The van der Waals surface area contributed by atoms with E-state index in [4.69, 9.17) is 4.74 Å². The molecule has 19 heavy (non-hydrogen) atoms. The second-order valence-electron chi connectivity index (χ2n) is 6.23. The minimum absolute atomic E-state index is 0.0497. The molecule has 1 aromatic heterocycles. The number of carbonyl (C=O) groups excluding carboxylic acids is 1. The lowest BCUT2D eigenvalue weighted by molar-refractivity contribution is -0.0588. The molecule has 1 N–H and O–H groups in total. The van der Waals surface area contributed by atoms with Crippen LogP contribution in [0.1, 0.15) is 51.1 Å². The second-order valence-corrected chi connectivity index (χ2v) is 6.23. The lowest BCUT2D eigenvalue weighted by Gasteiger charge is -2.34. The van der Waals surface area contributed by atoms with Crippen LogP contribution in [0.3, 0.4) is 0 Å². The van der Waals surface area contributed by atoms with Gasteiger partial charge in [0, 0.05) is 18.5 Å². The quantitative estimate of drug-likeness (QED) is 0.833. The van der Waals surface area contributed by atoms with E-state index in [-0.39, 0.29) is 29.4 Å². The van der Waals surface area contributed by atoms with Gasteiger partial charge in [-0.15, -0.1) is 5.10 Å². The van der Waals surface area contributed by atoms with Crippen LogP contribution in [0.4, 0.5) is 0 Å². The Bertz CT molecular complexity index is 453. The van der Waals surface area contributed by atoms with Crippen LogP contribution >= 0.6 is 0 Å². The Balaban J connectivity index is 2.13. The van der Waals surface area contributed by atoms with Crippen molar-refractivity contribution in [1.29, 1.82) is 0 Å². The standard InChI is InChI=1S/C13H22N4O2/c1-8-6-17(7-9(2)19-8)11(18)10-14-12(16-15-10)13(3,4)5/h8-9H,6-7H2,1-5H3,(H,14,15,16)/t8-,9+. The van der Waals surface area contributed by atoms with Crippen molar-refractivity contribution in [3.63, 3.8) is 0 Å². The molecular weight excluding hydrogens is 244 g/mol. The highest BCUT2D eigenvalue weighted by Gasteiger charge is 2.29. The Labute approximate surface area is 113 Å². The summed E-state index contributed by atoms with van der Waals surface area (Å²) in [4.78, 5) is 18.4. The summed E-state index contributed by atoms with van der Waals surface area (Å²) in [7, 11) is 0. The molecule has 2 heterocycles. The molecule has 0 spiro atoms. The van der Waals surface area contributed by atoms with Crippen molar-refractivity contribution < 1.29 is 9.53 Å². The number of nitrogens with one attached hydrogen (secondary N) is 1. The fourth-order valence-corrected chi connectivity index (χ4v) is 2.18. The predicted octanol–water partition coefficient (Wildman–Crippen LogP) is 1.35. The highest BCUT2D eigenvalue weighted by atomic mass is 16.5. The number of ether oxygens (including phenoxy) is 1. The molecule has 0 saturated carbocycles. The molecule has 106 valence electrons. The first-order valence-electron chi connectivity index (χ1n) is 6.65. The number of hydrogen-bond donors (Lipinski definition) is 1. The summed E-state index contributed by atoms with van der Waals surface area (Å²) in [5, 5.41) is 6.89. The summed E-state index contributed by atoms with van der Waals surface area (Å²) in [6.45, 7) is 11.2. The molecule has 1 aliphatic rings. The van der Waals surface area contributed by atoms with Crippen LogP contribution in [0.5, 0.6) is 0 Å². The summed E-state index contributed by atoms with van der Waals surface area (Å²) in [6.07, 6.45) is 0.0995. The number of aromatic nitrogens is 3. The van der Waals surface area contributed by atoms with Gasteiger partial charge < -0.3 is 9.64 Å². The van der Waals surface area contributed by atoms with E-state index in [9.17, 15) is 4.79 Å². The van der Waals surface area contributed by atoms with E-state index in [0.29, 0.717) is 13.1 Å². The third-order valence-corrected chi connectivity index (χ3v) is 3.09. The molecule has 1 aromatic rings. The zero-order valence-electron chi connectivity index (χ0n) is 12.2. The predicted molar refractivity (Wildman–Crippen MR) is 71.0 cm³/mol. The molecule has 0 unspecified atom stereocenters. The molecule has 1 aliphatic heterocycles. The molecule has 1 amide bonds. The molecule has 1 saturated heterocycles. The van der Waals surface area contributed by atoms with Gasteiger partial charge in [-0.05, 0) is 13.8 Å². The first kappa shape index (κ1) is 14.0. The van der Waals surface area contributed by atoms with Crippen molar-refractivity contribution in [3.8, 4) is 0 Å². The Morgan fingerprint density at radius 1 is 1.32 bits per heavy atom. The average Bonchev–Trinajstić information content (AvgIpc) is 2.75. The van der Waals surface area contributed by atoms with Gasteiger partial charge in [0.2, 0.25) is 5.82 Å². The van der Waals surface area contributed by atoms with Crippen LogP contribution in [-0.2, 0) is 10.2 Å². The van der Waals surface area contributed by atoms with E-state index < -0.39 is 0 Å². The summed E-state index contributed by atoms with van der Waals surface area (Å²) in [5.74, 6) is 0.838. The first-order valence-corrected chi connectivity index (χ1v) is 6.65. The van der Waals surface area contributed by atoms with Gasteiger partial charge in [0.1, 0.15) is 5.82 Å². The van der Waals surface area contributed by atoms with E-state index in [0.717, 1.165) is 5.82 Å². The smallest absolute Gasteiger partial charge is 0.293 e. The highest BCUT2D eigenvalue weighted by Crippen LogP contribution is 2.18. The maximum absolute atomic E-state index is 12.4. The number of morpholine rings is 1. The van der Waals surface area contributed by atoms with Crippen LogP contribution in [-0.4, -0.2) is 51.3 Å². The number of carbonyl (C=O) groups is 1. The van der Waals surface area contributed by atoms with Gasteiger partial charge in [0.15, 0.2) is 0 Å². The van der Waals surface area contributed by atoms with Crippen molar-refractivity contribution in [2.24, 2.45) is 0 Å². The average molecular weight is 266 g/mol. The number of hydrogen-bond acceptors (Lipinski definition) is 4. The van der Waals surface area contributed by atoms with Crippen LogP contribution in [0.25, 0.3) is 0 Å². The van der Waals surface area contributed by atoms with Crippen molar-refractivity contribution >= 4 is 5.91 Å².